The number of hydrogen-bond donors (Lipinski definition) is 1. The smallest absolute Gasteiger partial charge is 0.303 e. The van der Waals surface area contributed by atoms with Crippen LogP contribution >= 0.6 is 11.8 Å². The summed E-state index contributed by atoms with van der Waals surface area (Å²) in [6, 6.07) is 7.83. The molecule has 1 aromatic carbocycles. The van der Waals surface area contributed by atoms with Gasteiger partial charge in [-0.15, -0.1) is 11.8 Å². The molecule has 0 aromatic heterocycles. The van der Waals surface area contributed by atoms with Crippen molar-refractivity contribution in [3.63, 3.8) is 0 Å². The summed E-state index contributed by atoms with van der Waals surface area (Å²) in [5.74, 6) is -0.208. The van der Waals surface area contributed by atoms with Crippen LogP contribution in [0.1, 0.15) is 19.3 Å². The van der Waals surface area contributed by atoms with Gasteiger partial charge in [-0.2, -0.15) is 0 Å². The summed E-state index contributed by atoms with van der Waals surface area (Å²) in [7, 11) is 0. The molecule has 0 radical (unpaired) electrons. The van der Waals surface area contributed by atoms with Crippen LogP contribution in [0.2, 0.25) is 0 Å². The molecule has 4 nitrogen and oxygen atoms in total. The number of aliphatic carboxylic acids is 1. The molecule has 1 heterocycles. The van der Waals surface area contributed by atoms with E-state index in [0.29, 0.717) is 18.7 Å². The number of rotatable bonds is 5. The molecule has 0 spiro atoms. The second kappa shape index (κ2) is 5.91. The quantitative estimate of drug-likeness (QED) is 0.830. The van der Waals surface area contributed by atoms with Crippen LogP contribution in [0.25, 0.3) is 0 Å². The molecule has 2 rings (SSSR count). The molecule has 0 saturated carbocycles. The number of hydrogen-bond acceptors (Lipinski definition) is 3. The zero-order valence-electron chi connectivity index (χ0n) is 9.96. The first-order valence-electron chi connectivity index (χ1n) is 5.92. The van der Waals surface area contributed by atoms with Crippen molar-refractivity contribution in [2.45, 2.75) is 24.2 Å². The lowest BCUT2D eigenvalue weighted by Crippen LogP contribution is -2.36. The van der Waals surface area contributed by atoms with Gasteiger partial charge in [0.05, 0.1) is 11.4 Å². The number of unbranched alkanes of at least 4 members (excludes halogenated alkanes) is 1. The highest BCUT2D eigenvalue weighted by molar-refractivity contribution is 8.00. The lowest BCUT2D eigenvalue weighted by Gasteiger charge is -2.28. The minimum Gasteiger partial charge on any atom is -0.481 e. The number of amides is 1. The van der Waals surface area contributed by atoms with E-state index in [1.165, 1.54) is 0 Å². The molecule has 1 amide bonds. The summed E-state index contributed by atoms with van der Waals surface area (Å²) in [6.45, 7) is 0.601. The summed E-state index contributed by atoms with van der Waals surface area (Å²) in [6.07, 6.45) is 1.49. The molecule has 18 heavy (non-hydrogen) atoms. The number of carbonyl (C=O) groups is 2. The van der Waals surface area contributed by atoms with Gasteiger partial charge in [0.1, 0.15) is 0 Å². The van der Waals surface area contributed by atoms with Crippen molar-refractivity contribution in [1.82, 2.24) is 0 Å². The Morgan fingerprint density at radius 2 is 2.11 bits per heavy atom. The highest BCUT2D eigenvalue weighted by Crippen LogP contribution is 2.34. The van der Waals surface area contributed by atoms with Gasteiger partial charge in [0.25, 0.3) is 0 Å². The first-order chi connectivity index (χ1) is 8.68. The Labute approximate surface area is 110 Å². The average molecular weight is 265 g/mol. The van der Waals surface area contributed by atoms with Crippen molar-refractivity contribution >= 4 is 29.3 Å². The van der Waals surface area contributed by atoms with Crippen molar-refractivity contribution in [2.75, 3.05) is 17.2 Å². The summed E-state index contributed by atoms with van der Waals surface area (Å²) >= 11 is 1.56. The van der Waals surface area contributed by atoms with E-state index in [4.69, 9.17) is 5.11 Å². The molecule has 96 valence electrons. The summed E-state index contributed by atoms with van der Waals surface area (Å²) < 4.78 is 0. The Kier molecular flexibility index (Phi) is 4.25. The van der Waals surface area contributed by atoms with Crippen LogP contribution in [0.3, 0.4) is 0 Å². The Hall–Kier alpha value is -1.49. The number of para-hydroxylation sites is 1. The molecular formula is C13H15NO3S. The first-order valence-corrected chi connectivity index (χ1v) is 6.91. The minimum absolute atomic E-state index is 0.106. The highest BCUT2D eigenvalue weighted by Gasteiger charge is 2.23. The predicted octanol–water partition coefficient (Wildman–Crippen LogP) is 2.38. The third kappa shape index (κ3) is 3.04. The van der Waals surface area contributed by atoms with Crippen molar-refractivity contribution in [3.05, 3.63) is 24.3 Å². The normalized spacial score (nSPS) is 14.4. The maximum Gasteiger partial charge on any atom is 0.303 e. The van der Waals surface area contributed by atoms with E-state index >= 15 is 0 Å². The predicted molar refractivity (Wildman–Crippen MR) is 71.0 cm³/mol. The van der Waals surface area contributed by atoms with E-state index in [-0.39, 0.29) is 12.3 Å². The monoisotopic (exact) mass is 265 g/mol. The molecule has 0 saturated heterocycles. The maximum atomic E-state index is 11.9. The van der Waals surface area contributed by atoms with Crippen molar-refractivity contribution in [3.8, 4) is 0 Å². The summed E-state index contributed by atoms with van der Waals surface area (Å²) in [5, 5.41) is 8.58. The number of benzene rings is 1. The van der Waals surface area contributed by atoms with Gasteiger partial charge in [-0.3, -0.25) is 9.59 Å². The van der Waals surface area contributed by atoms with Crippen LogP contribution in [-0.2, 0) is 9.59 Å². The van der Waals surface area contributed by atoms with Gasteiger partial charge >= 0.3 is 5.97 Å². The van der Waals surface area contributed by atoms with Crippen LogP contribution in [-0.4, -0.2) is 29.3 Å². The molecule has 0 atom stereocenters. The number of nitrogens with zero attached hydrogens (tertiary/aromatic N) is 1. The molecule has 1 N–H and O–H groups in total. The van der Waals surface area contributed by atoms with E-state index in [1.54, 1.807) is 16.7 Å². The van der Waals surface area contributed by atoms with E-state index in [1.807, 2.05) is 24.3 Å². The van der Waals surface area contributed by atoms with Gasteiger partial charge in [0.15, 0.2) is 0 Å². The standard InChI is InChI=1S/C13H15NO3S/c15-12-9-18-11-6-2-1-5-10(11)14(12)8-4-3-7-13(16)17/h1-2,5-6H,3-4,7-9H2,(H,16,17). The van der Waals surface area contributed by atoms with Crippen LogP contribution in [0.4, 0.5) is 5.69 Å². The summed E-state index contributed by atoms with van der Waals surface area (Å²) in [5.41, 5.74) is 0.953. The summed E-state index contributed by atoms with van der Waals surface area (Å²) in [4.78, 5) is 25.2. The fourth-order valence-electron chi connectivity index (χ4n) is 1.95. The minimum atomic E-state index is -0.782. The van der Waals surface area contributed by atoms with Gasteiger partial charge in [-0.25, -0.2) is 0 Å². The Bertz CT molecular complexity index is 461. The van der Waals surface area contributed by atoms with Crippen LogP contribution in [0.5, 0.6) is 0 Å². The van der Waals surface area contributed by atoms with Crippen LogP contribution < -0.4 is 4.90 Å². The highest BCUT2D eigenvalue weighted by atomic mass is 32.2. The van der Waals surface area contributed by atoms with Crippen LogP contribution in [0.15, 0.2) is 29.2 Å². The Morgan fingerprint density at radius 1 is 1.33 bits per heavy atom. The molecule has 0 bridgehead atoms. The number of fused-ring (bicyclic) bond motifs is 1. The van der Waals surface area contributed by atoms with Crippen molar-refractivity contribution < 1.29 is 14.7 Å². The van der Waals surface area contributed by atoms with Gasteiger partial charge in [-0.05, 0) is 25.0 Å². The van der Waals surface area contributed by atoms with Crippen molar-refractivity contribution in [2.24, 2.45) is 0 Å². The third-order valence-electron chi connectivity index (χ3n) is 2.83. The molecule has 1 aromatic rings. The molecular weight excluding hydrogens is 250 g/mol. The topological polar surface area (TPSA) is 57.6 Å². The average Bonchev–Trinajstić information content (AvgIpc) is 2.36. The lowest BCUT2D eigenvalue weighted by atomic mass is 10.2. The first kappa shape index (κ1) is 13.0. The number of carboxylic acid groups (broad SMARTS) is 1. The molecule has 0 fully saturated rings. The van der Waals surface area contributed by atoms with Gasteiger partial charge in [0, 0.05) is 17.9 Å². The van der Waals surface area contributed by atoms with Crippen LogP contribution in [0, 0.1) is 0 Å². The van der Waals surface area contributed by atoms with E-state index < -0.39 is 5.97 Å². The Balaban J connectivity index is 1.99. The third-order valence-corrected chi connectivity index (χ3v) is 3.88. The molecule has 0 unspecified atom stereocenters. The zero-order chi connectivity index (χ0) is 13.0. The number of carboxylic acids is 1. The van der Waals surface area contributed by atoms with E-state index in [0.717, 1.165) is 17.0 Å². The SMILES string of the molecule is O=C(O)CCCCN1C(=O)CSc2ccccc21. The number of carbonyl (C=O) groups excluding carboxylic acids is 1. The van der Waals surface area contributed by atoms with Crippen molar-refractivity contribution in [1.29, 1.82) is 0 Å². The molecule has 5 heteroatoms. The second-order valence-corrected chi connectivity index (χ2v) is 5.17. The molecule has 0 aliphatic carbocycles. The lowest BCUT2D eigenvalue weighted by molar-refractivity contribution is -0.137. The largest absolute Gasteiger partial charge is 0.481 e. The zero-order valence-corrected chi connectivity index (χ0v) is 10.8. The number of anilines is 1. The van der Waals surface area contributed by atoms with Gasteiger partial charge < -0.3 is 10.0 Å². The van der Waals surface area contributed by atoms with Gasteiger partial charge in [0.2, 0.25) is 5.91 Å². The fourth-order valence-corrected chi connectivity index (χ4v) is 2.88. The fraction of sp³-hybridized carbons (Fsp3) is 0.385. The maximum absolute atomic E-state index is 11.9. The molecule has 1 aliphatic rings. The van der Waals surface area contributed by atoms with Gasteiger partial charge in [-0.1, -0.05) is 12.1 Å². The van der Waals surface area contributed by atoms with E-state index in [2.05, 4.69) is 0 Å². The molecule has 1 aliphatic heterocycles. The van der Waals surface area contributed by atoms with E-state index in [9.17, 15) is 9.59 Å². The second-order valence-electron chi connectivity index (χ2n) is 4.15. The Morgan fingerprint density at radius 3 is 2.89 bits per heavy atom. The number of thioether (sulfide) groups is 1.